The number of benzene rings is 3. The maximum atomic E-state index is 13.7. The zero-order valence-corrected chi connectivity index (χ0v) is 19.7. The molecule has 5 rings (SSSR count). The van der Waals surface area contributed by atoms with Crippen LogP contribution in [0.25, 0.3) is 0 Å². The Hall–Kier alpha value is -3.60. The molecule has 0 spiro atoms. The van der Waals surface area contributed by atoms with Crippen molar-refractivity contribution >= 4 is 23.2 Å². The van der Waals surface area contributed by atoms with E-state index in [4.69, 9.17) is 0 Å². The van der Waals surface area contributed by atoms with Crippen molar-refractivity contribution in [3.8, 4) is 0 Å². The van der Waals surface area contributed by atoms with Crippen molar-refractivity contribution in [2.75, 3.05) is 29.9 Å². The Morgan fingerprint density at radius 1 is 0.794 bits per heavy atom. The molecule has 5 heteroatoms. The minimum absolute atomic E-state index is 0.0561. The van der Waals surface area contributed by atoms with Crippen LogP contribution in [0.3, 0.4) is 0 Å². The van der Waals surface area contributed by atoms with Gasteiger partial charge in [-0.2, -0.15) is 0 Å². The molecule has 1 fully saturated rings. The van der Waals surface area contributed by atoms with Crippen LogP contribution in [-0.2, 0) is 13.0 Å². The molecule has 0 aromatic heterocycles. The number of likely N-dealkylation sites (tertiary alicyclic amines) is 1. The summed E-state index contributed by atoms with van der Waals surface area (Å²) in [6.45, 7) is 5.16. The highest BCUT2D eigenvalue weighted by atomic mass is 16.2. The van der Waals surface area contributed by atoms with Gasteiger partial charge in [0.1, 0.15) is 0 Å². The zero-order valence-electron chi connectivity index (χ0n) is 19.7. The average Bonchev–Trinajstić information content (AvgIpc) is 2.88. The second-order valence-corrected chi connectivity index (χ2v) is 9.29. The highest BCUT2D eigenvalue weighted by Crippen LogP contribution is 2.31. The minimum Gasteiger partial charge on any atom is -0.366 e. The normalized spacial score (nSPS) is 15.6. The van der Waals surface area contributed by atoms with E-state index in [2.05, 4.69) is 34.5 Å². The number of fused-ring (bicyclic) bond motifs is 1. The van der Waals surface area contributed by atoms with E-state index in [0.29, 0.717) is 16.8 Å². The lowest BCUT2D eigenvalue weighted by molar-refractivity contribution is 0.0724. The van der Waals surface area contributed by atoms with Crippen molar-refractivity contribution in [1.82, 2.24) is 4.90 Å². The second kappa shape index (κ2) is 9.72. The molecule has 0 bridgehead atoms. The van der Waals surface area contributed by atoms with Gasteiger partial charge in [-0.1, -0.05) is 42.5 Å². The Bertz CT molecular complexity index is 1210. The predicted molar refractivity (Wildman–Crippen MR) is 137 cm³/mol. The maximum absolute atomic E-state index is 13.7. The van der Waals surface area contributed by atoms with Gasteiger partial charge in [0.25, 0.3) is 11.8 Å². The number of carbonyl (C=O) groups excluding carboxylic acids is 2. The lowest BCUT2D eigenvalue weighted by atomic mass is 9.98. The van der Waals surface area contributed by atoms with Gasteiger partial charge in [-0.3, -0.25) is 9.59 Å². The third-order valence-corrected chi connectivity index (χ3v) is 6.99. The van der Waals surface area contributed by atoms with Crippen molar-refractivity contribution in [3.63, 3.8) is 0 Å². The number of anilines is 2. The summed E-state index contributed by atoms with van der Waals surface area (Å²) in [6.07, 6.45) is 4.22. The lowest BCUT2D eigenvalue weighted by Gasteiger charge is -2.34. The highest BCUT2D eigenvalue weighted by molar-refractivity contribution is 6.07. The first-order valence-electron chi connectivity index (χ1n) is 12.2. The summed E-state index contributed by atoms with van der Waals surface area (Å²) in [5.74, 6) is -0.102. The molecule has 0 unspecified atom stereocenters. The molecule has 1 saturated heterocycles. The average molecular weight is 454 g/mol. The van der Waals surface area contributed by atoms with Crippen LogP contribution in [0.5, 0.6) is 0 Å². The Balaban J connectivity index is 1.47. The molecular formula is C29H31N3O2. The first kappa shape index (κ1) is 22.2. The van der Waals surface area contributed by atoms with Gasteiger partial charge in [0.15, 0.2) is 0 Å². The van der Waals surface area contributed by atoms with Crippen LogP contribution in [0.1, 0.15) is 56.7 Å². The second-order valence-electron chi connectivity index (χ2n) is 9.29. The van der Waals surface area contributed by atoms with Crippen LogP contribution in [0.4, 0.5) is 11.4 Å². The summed E-state index contributed by atoms with van der Waals surface area (Å²) in [5.41, 5.74) is 6.51. The van der Waals surface area contributed by atoms with Crippen molar-refractivity contribution in [3.05, 3.63) is 94.5 Å². The molecule has 5 nitrogen and oxygen atoms in total. The molecule has 34 heavy (non-hydrogen) atoms. The molecule has 0 radical (unpaired) electrons. The lowest BCUT2D eigenvalue weighted by Crippen LogP contribution is -2.38. The highest BCUT2D eigenvalue weighted by Gasteiger charge is 2.26. The third kappa shape index (κ3) is 4.56. The molecule has 0 aliphatic carbocycles. The summed E-state index contributed by atoms with van der Waals surface area (Å²) in [6, 6.07) is 21.8. The van der Waals surface area contributed by atoms with Crippen LogP contribution in [0, 0.1) is 6.92 Å². The van der Waals surface area contributed by atoms with Crippen LogP contribution in [0.2, 0.25) is 0 Å². The molecular weight excluding hydrogens is 422 g/mol. The number of hydrogen-bond donors (Lipinski definition) is 1. The van der Waals surface area contributed by atoms with Gasteiger partial charge in [0, 0.05) is 43.1 Å². The molecule has 2 heterocycles. The monoisotopic (exact) mass is 453 g/mol. The van der Waals surface area contributed by atoms with Crippen molar-refractivity contribution in [2.45, 2.75) is 39.2 Å². The number of amides is 2. The standard InChI is InChI=1S/C29H31N3O2/c1-21-9-3-6-12-25(21)28(33)30-24-13-14-27(26(19-24)29(34)31-16-7-2-8-17-31)32-18-15-22-10-4-5-11-23(22)20-32/h3-6,9-14,19H,2,7-8,15-18,20H2,1H3,(H,30,33). The largest absolute Gasteiger partial charge is 0.366 e. The van der Waals surface area contributed by atoms with Gasteiger partial charge in [-0.05, 0) is 73.6 Å². The SMILES string of the molecule is Cc1ccccc1C(=O)Nc1ccc(N2CCc3ccccc3C2)c(C(=O)N2CCCCC2)c1. The zero-order chi connectivity index (χ0) is 23.5. The van der Waals surface area contributed by atoms with E-state index < -0.39 is 0 Å². The van der Waals surface area contributed by atoms with E-state index in [9.17, 15) is 9.59 Å². The van der Waals surface area contributed by atoms with E-state index >= 15 is 0 Å². The first-order chi connectivity index (χ1) is 16.6. The first-order valence-corrected chi connectivity index (χ1v) is 12.2. The van der Waals surface area contributed by atoms with Crippen LogP contribution < -0.4 is 10.2 Å². The fourth-order valence-corrected chi connectivity index (χ4v) is 5.06. The number of piperidine rings is 1. The van der Waals surface area contributed by atoms with Gasteiger partial charge in [0.05, 0.1) is 5.56 Å². The Kier molecular flexibility index (Phi) is 6.35. The van der Waals surface area contributed by atoms with Crippen molar-refractivity contribution in [2.24, 2.45) is 0 Å². The Labute approximate surface area is 201 Å². The molecule has 2 amide bonds. The summed E-state index contributed by atoms with van der Waals surface area (Å²) in [7, 11) is 0. The molecule has 2 aliphatic rings. The Morgan fingerprint density at radius 3 is 2.32 bits per heavy atom. The molecule has 174 valence electrons. The summed E-state index contributed by atoms with van der Waals surface area (Å²) < 4.78 is 0. The van der Waals surface area contributed by atoms with Gasteiger partial charge >= 0.3 is 0 Å². The molecule has 3 aromatic carbocycles. The molecule has 0 atom stereocenters. The molecule has 2 aliphatic heterocycles. The van der Waals surface area contributed by atoms with Crippen LogP contribution in [0.15, 0.2) is 66.7 Å². The third-order valence-electron chi connectivity index (χ3n) is 6.99. The number of nitrogens with zero attached hydrogens (tertiary/aromatic N) is 2. The number of rotatable bonds is 4. The maximum Gasteiger partial charge on any atom is 0.256 e. The summed E-state index contributed by atoms with van der Waals surface area (Å²) in [4.78, 5) is 30.8. The van der Waals surface area contributed by atoms with E-state index in [1.807, 2.05) is 54.3 Å². The quantitative estimate of drug-likeness (QED) is 0.573. The molecule has 3 aromatic rings. The van der Waals surface area contributed by atoms with Gasteiger partial charge in [-0.25, -0.2) is 0 Å². The smallest absolute Gasteiger partial charge is 0.256 e. The van der Waals surface area contributed by atoms with E-state index in [1.54, 1.807) is 0 Å². The van der Waals surface area contributed by atoms with Gasteiger partial charge < -0.3 is 15.1 Å². The van der Waals surface area contributed by atoms with Crippen molar-refractivity contribution < 1.29 is 9.59 Å². The minimum atomic E-state index is -0.158. The fourth-order valence-electron chi connectivity index (χ4n) is 5.06. The number of nitrogens with one attached hydrogen (secondary N) is 1. The number of aryl methyl sites for hydroxylation is 1. The van der Waals surface area contributed by atoms with Crippen LogP contribution >= 0.6 is 0 Å². The Morgan fingerprint density at radius 2 is 1.53 bits per heavy atom. The molecule has 1 N–H and O–H groups in total. The summed E-state index contributed by atoms with van der Waals surface area (Å²) in [5, 5.41) is 3.01. The topological polar surface area (TPSA) is 52.7 Å². The summed E-state index contributed by atoms with van der Waals surface area (Å²) >= 11 is 0. The van der Waals surface area contributed by atoms with E-state index in [0.717, 1.165) is 56.7 Å². The van der Waals surface area contributed by atoms with Gasteiger partial charge in [0.2, 0.25) is 0 Å². The van der Waals surface area contributed by atoms with E-state index in [-0.39, 0.29) is 11.8 Å². The van der Waals surface area contributed by atoms with Crippen molar-refractivity contribution in [1.29, 1.82) is 0 Å². The number of hydrogen-bond acceptors (Lipinski definition) is 3. The predicted octanol–water partition coefficient (Wildman–Crippen LogP) is 5.44. The van der Waals surface area contributed by atoms with Crippen LogP contribution in [-0.4, -0.2) is 36.3 Å². The van der Waals surface area contributed by atoms with E-state index in [1.165, 1.54) is 17.5 Å². The van der Waals surface area contributed by atoms with Gasteiger partial charge in [-0.15, -0.1) is 0 Å². The molecule has 0 saturated carbocycles. The fraction of sp³-hybridized carbons (Fsp3) is 0.310. The number of carbonyl (C=O) groups is 2.